The van der Waals surface area contributed by atoms with Crippen molar-refractivity contribution in [1.29, 1.82) is 0 Å². The maximum Gasteiger partial charge on any atom is 0.254 e. The number of amides is 1. The second-order valence-electron chi connectivity index (χ2n) is 8.89. The van der Waals surface area contributed by atoms with Crippen molar-refractivity contribution in [2.24, 2.45) is 0 Å². The van der Waals surface area contributed by atoms with Crippen LogP contribution in [0.3, 0.4) is 0 Å². The van der Waals surface area contributed by atoms with Crippen molar-refractivity contribution in [3.05, 3.63) is 66.4 Å². The zero-order valence-corrected chi connectivity index (χ0v) is 18.8. The van der Waals surface area contributed by atoms with Gasteiger partial charge >= 0.3 is 0 Å². The van der Waals surface area contributed by atoms with Crippen molar-refractivity contribution in [1.82, 2.24) is 24.7 Å². The molecule has 2 atom stereocenters. The first-order valence-corrected chi connectivity index (χ1v) is 11.5. The Balaban J connectivity index is 1.30. The predicted molar refractivity (Wildman–Crippen MR) is 129 cm³/mol. The number of carbonyl (C=O) groups is 1. The maximum atomic E-state index is 12.8. The molecule has 1 amide bonds. The summed E-state index contributed by atoms with van der Waals surface area (Å²) in [6, 6.07) is 8.16. The van der Waals surface area contributed by atoms with Gasteiger partial charge in [-0.25, -0.2) is 9.97 Å². The highest BCUT2D eigenvalue weighted by molar-refractivity contribution is 6.06. The summed E-state index contributed by atoms with van der Waals surface area (Å²) >= 11 is 0. The number of rotatable bonds is 4. The predicted octanol–water partition coefficient (Wildman–Crippen LogP) is 3.13. The number of hydrogen-bond acceptors (Lipinski definition) is 7. The van der Waals surface area contributed by atoms with Gasteiger partial charge in [0.25, 0.3) is 5.91 Å². The van der Waals surface area contributed by atoms with Crippen LogP contribution < -0.4 is 15.5 Å². The lowest BCUT2D eigenvalue weighted by Crippen LogP contribution is -2.42. The molecule has 0 aliphatic carbocycles. The smallest absolute Gasteiger partial charge is 0.254 e. The van der Waals surface area contributed by atoms with Crippen LogP contribution in [-0.2, 0) is 6.54 Å². The Kier molecular flexibility index (Phi) is 4.91. The monoisotopic (exact) mass is 455 g/mol. The summed E-state index contributed by atoms with van der Waals surface area (Å²) in [5.74, 6) is 0.566. The van der Waals surface area contributed by atoms with Crippen molar-refractivity contribution < 1.29 is 9.90 Å². The molecule has 2 aliphatic heterocycles. The second kappa shape index (κ2) is 8.11. The molecule has 9 heteroatoms. The molecule has 3 aromatic heterocycles. The van der Waals surface area contributed by atoms with Crippen molar-refractivity contribution in [3.63, 3.8) is 0 Å². The SMILES string of the molecule is C[C@@H]1C[C@H](O)CCN1c1ccc(Nc2ccc(-c3cnc4cnccn34)c3c2C(=O)NC3)nc1. The Morgan fingerprint density at radius 2 is 2.06 bits per heavy atom. The highest BCUT2D eigenvalue weighted by Gasteiger charge is 2.28. The number of benzene rings is 1. The Bertz CT molecular complexity index is 1380. The minimum absolute atomic E-state index is 0.104. The molecule has 6 rings (SSSR count). The highest BCUT2D eigenvalue weighted by Crippen LogP contribution is 2.35. The zero-order valence-electron chi connectivity index (χ0n) is 18.8. The normalized spacial score (nSPS) is 19.8. The van der Waals surface area contributed by atoms with E-state index in [-0.39, 0.29) is 18.1 Å². The molecule has 1 fully saturated rings. The molecule has 172 valence electrons. The standard InChI is InChI=1S/C25H25N7O2/c1-15-10-17(33)6-8-31(15)16-2-5-22(27-11-16)30-20-4-3-18(19-12-29-25(34)24(19)20)21-13-28-23-14-26-7-9-32(21)23/h2-5,7,9,11,13-15,17,33H,6,8,10,12H2,1H3,(H,27,30)(H,29,34)/t15-,17-/m1/s1. The van der Waals surface area contributed by atoms with Gasteiger partial charge in [0, 0.05) is 37.1 Å². The molecular weight excluding hydrogens is 430 g/mol. The van der Waals surface area contributed by atoms with Crippen LogP contribution in [0.1, 0.15) is 35.7 Å². The van der Waals surface area contributed by atoms with Gasteiger partial charge in [-0.05, 0) is 43.5 Å². The number of fused-ring (bicyclic) bond motifs is 2. The van der Waals surface area contributed by atoms with Gasteiger partial charge in [0.15, 0.2) is 5.65 Å². The molecule has 3 N–H and O–H groups in total. The molecule has 0 spiro atoms. The molecule has 1 aromatic carbocycles. The fourth-order valence-electron chi connectivity index (χ4n) is 5.03. The first-order chi connectivity index (χ1) is 16.6. The van der Waals surface area contributed by atoms with Gasteiger partial charge in [-0.15, -0.1) is 0 Å². The summed E-state index contributed by atoms with van der Waals surface area (Å²) in [5.41, 5.74) is 5.95. The Labute approximate surface area is 196 Å². The van der Waals surface area contributed by atoms with Crippen LogP contribution in [0, 0.1) is 0 Å². The van der Waals surface area contributed by atoms with Crippen molar-refractivity contribution >= 4 is 28.7 Å². The van der Waals surface area contributed by atoms with Crippen LogP contribution in [0.2, 0.25) is 0 Å². The summed E-state index contributed by atoms with van der Waals surface area (Å²) < 4.78 is 1.97. The van der Waals surface area contributed by atoms with Gasteiger partial charge < -0.3 is 20.6 Å². The van der Waals surface area contributed by atoms with Crippen LogP contribution in [0.4, 0.5) is 17.2 Å². The average Bonchev–Trinajstić information content (AvgIpc) is 3.45. The number of aliphatic hydroxyl groups excluding tert-OH is 1. The third kappa shape index (κ3) is 3.45. The van der Waals surface area contributed by atoms with Crippen molar-refractivity contribution in [2.45, 2.75) is 38.5 Å². The van der Waals surface area contributed by atoms with E-state index >= 15 is 0 Å². The number of hydrogen-bond donors (Lipinski definition) is 3. The lowest BCUT2D eigenvalue weighted by Gasteiger charge is -2.37. The lowest BCUT2D eigenvalue weighted by molar-refractivity contribution is 0.0966. The summed E-state index contributed by atoms with van der Waals surface area (Å²) in [6.07, 6.45) is 10.3. The van der Waals surface area contributed by atoms with E-state index in [2.05, 4.69) is 37.4 Å². The van der Waals surface area contributed by atoms with Crippen LogP contribution in [0.5, 0.6) is 0 Å². The van der Waals surface area contributed by atoms with E-state index in [1.165, 1.54) is 0 Å². The van der Waals surface area contributed by atoms with Gasteiger partial charge in [0.2, 0.25) is 0 Å². The van der Waals surface area contributed by atoms with Crippen LogP contribution in [0.15, 0.2) is 55.2 Å². The van der Waals surface area contributed by atoms with E-state index < -0.39 is 0 Å². The third-order valence-corrected chi connectivity index (χ3v) is 6.75. The molecule has 0 saturated carbocycles. The molecule has 1 saturated heterocycles. The van der Waals surface area contributed by atoms with Crippen LogP contribution in [-0.4, -0.2) is 49.1 Å². The molecule has 9 nitrogen and oxygen atoms in total. The third-order valence-electron chi connectivity index (χ3n) is 6.75. The fraction of sp³-hybridized carbons (Fsp3) is 0.280. The van der Waals surface area contributed by atoms with Gasteiger partial charge in [0.1, 0.15) is 5.82 Å². The highest BCUT2D eigenvalue weighted by atomic mass is 16.3. The van der Waals surface area contributed by atoms with E-state index in [0.717, 1.165) is 53.2 Å². The van der Waals surface area contributed by atoms with Gasteiger partial charge in [-0.2, -0.15) is 0 Å². The van der Waals surface area contributed by atoms with E-state index in [4.69, 9.17) is 0 Å². The van der Waals surface area contributed by atoms with Gasteiger partial charge in [0.05, 0.1) is 47.3 Å². The summed E-state index contributed by atoms with van der Waals surface area (Å²) in [7, 11) is 0. The van der Waals surface area contributed by atoms with E-state index in [1.54, 1.807) is 12.4 Å². The lowest BCUT2D eigenvalue weighted by atomic mass is 9.99. The maximum absolute atomic E-state index is 12.8. The number of aliphatic hydroxyl groups is 1. The van der Waals surface area contributed by atoms with E-state index in [0.29, 0.717) is 17.9 Å². The number of carbonyl (C=O) groups excluding carboxylic acids is 1. The molecule has 0 bridgehead atoms. The first-order valence-electron chi connectivity index (χ1n) is 11.5. The second-order valence-corrected chi connectivity index (χ2v) is 8.89. The number of nitrogens with zero attached hydrogens (tertiary/aromatic N) is 5. The van der Waals surface area contributed by atoms with Crippen LogP contribution in [0.25, 0.3) is 16.9 Å². The topological polar surface area (TPSA) is 108 Å². The molecule has 34 heavy (non-hydrogen) atoms. The Morgan fingerprint density at radius 3 is 2.88 bits per heavy atom. The van der Waals surface area contributed by atoms with E-state index in [9.17, 15) is 9.90 Å². The number of aromatic nitrogens is 4. The zero-order chi connectivity index (χ0) is 23.2. The first kappa shape index (κ1) is 20.6. The molecule has 0 unspecified atom stereocenters. The fourth-order valence-corrected chi connectivity index (χ4v) is 5.03. The number of piperidine rings is 1. The minimum atomic E-state index is -0.228. The Morgan fingerprint density at radius 1 is 1.15 bits per heavy atom. The Hall–Kier alpha value is -3.98. The number of nitrogens with one attached hydrogen (secondary N) is 2. The largest absolute Gasteiger partial charge is 0.393 e. The molecule has 5 heterocycles. The summed E-state index contributed by atoms with van der Waals surface area (Å²) in [6.45, 7) is 3.39. The number of pyridine rings is 1. The molecule has 2 aliphatic rings. The molecular formula is C25H25N7O2. The number of anilines is 3. The summed E-state index contributed by atoms with van der Waals surface area (Å²) in [5, 5.41) is 16.2. The van der Waals surface area contributed by atoms with Crippen LogP contribution >= 0.6 is 0 Å². The summed E-state index contributed by atoms with van der Waals surface area (Å²) in [4.78, 5) is 28.2. The average molecular weight is 456 g/mol. The quantitative estimate of drug-likeness (QED) is 0.434. The molecule has 0 radical (unpaired) electrons. The van der Waals surface area contributed by atoms with Crippen molar-refractivity contribution in [2.75, 3.05) is 16.8 Å². The van der Waals surface area contributed by atoms with Gasteiger partial charge in [-0.1, -0.05) is 6.07 Å². The minimum Gasteiger partial charge on any atom is -0.393 e. The van der Waals surface area contributed by atoms with E-state index in [1.807, 2.05) is 47.3 Å². The molecule has 4 aromatic rings. The number of imidazole rings is 1. The van der Waals surface area contributed by atoms with Crippen molar-refractivity contribution in [3.8, 4) is 11.3 Å². The van der Waals surface area contributed by atoms with Gasteiger partial charge in [-0.3, -0.25) is 14.2 Å².